The number of benzene rings is 3. The van der Waals surface area contributed by atoms with E-state index in [2.05, 4.69) is 32.6 Å². The first-order chi connectivity index (χ1) is 18.4. The lowest BCUT2D eigenvalue weighted by molar-refractivity contribution is 0.0569. The monoisotopic (exact) mass is 611 g/mol. The number of hydrogen-bond donors (Lipinski definition) is 1. The molecule has 208 valence electrons. The summed E-state index contributed by atoms with van der Waals surface area (Å²) in [4.78, 5) is 18.4. The van der Waals surface area contributed by atoms with Crippen LogP contribution in [0.3, 0.4) is 0 Å². The van der Waals surface area contributed by atoms with Gasteiger partial charge >= 0.3 is 0 Å². The molecule has 0 saturated carbocycles. The number of amides is 1. The largest absolute Gasteiger partial charge is 0.331 e. The summed E-state index contributed by atoms with van der Waals surface area (Å²) in [5.41, 5.74) is 6.63. The molecule has 0 atom stereocenters. The molecule has 0 unspecified atom stereocenters. The number of sulfonamides is 1. The molecule has 39 heavy (non-hydrogen) atoms. The molecule has 0 aromatic heterocycles. The lowest BCUT2D eigenvalue weighted by atomic mass is 9.95. The number of carbonyl (C=O) groups is 1. The lowest BCUT2D eigenvalue weighted by Crippen LogP contribution is -2.46. The van der Waals surface area contributed by atoms with Crippen LogP contribution in [0.2, 0.25) is 0 Å². The molecule has 1 amide bonds. The molecule has 3 aromatic rings. The van der Waals surface area contributed by atoms with Gasteiger partial charge in [0.15, 0.2) is 0 Å². The zero-order chi connectivity index (χ0) is 28.5. The number of carbonyl (C=O) groups excluding carboxylic acids is 1. The van der Waals surface area contributed by atoms with E-state index < -0.39 is 10.0 Å². The van der Waals surface area contributed by atoms with Crippen molar-refractivity contribution in [1.82, 2.24) is 9.80 Å². The third-order valence-electron chi connectivity index (χ3n) is 8.27. The topological polar surface area (TPSA) is 69.7 Å². The number of nitrogens with one attached hydrogen (secondary N) is 1. The number of anilines is 1. The summed E-state index contributed by atoms with van der Waals surface area (Å²) < 4.78 is 30.6. The predicted molar refractivity (Wildman–Crippen MR) is 162 cm³/mol. The van der Waals surface area contributed by atoms with Gasteiger partial charge in [-0.1, -0.05) is 34.1 Å². The molecule has 1 heterocycles. The molecule has 4 rings (SSSR count). The molecule has 0 radical (unpaired) electrons. The molecule has 3 aromatic carbocycles. The van der Waals surface area contributed by atoms with Gasteiger partial charge in [-0.05, 0) is 131 Å². The summed E-state index contributed by atoms with van der Waals surface area (Å²) in [6.45, 7) is 12.1. The van der Waals surface area contributed by atoms with E-state index >= 15 is 0 Å². The average Bonchev–Trinajstić information content (AvgIpc) is 2.91. The van der Waals surface area contributed by atoms with Crippen molar-refractivity contribution in [3.8, 4) is 0 Å². The van der Waals surface area contributed by atoms with Crippen LogP contribution in [-0.4, -0.2) is 50.3 Å². The van der Waals surface area contributed by atoms with Crippen molar-refractivity contribution in [3.63, 3.8) is 0 Å². The summed E-state index contributed by atoms with van der Waals surface area (Å²) >= 11 is 3.63. The van der Waals surface area contributed by atoms with Crippen LogP contribution in [0.4, 0.5) is 5.69 Å². The molecule has 1 fully saturated rings. The Morgan fingerprint density at radius 1 is 0.897 bits per heavy atom. The van der Waals surface area contributed by atoms with Crippen molar-refractivity contribution in [2.24, 2.45) is 0 Å². The maximum Gasteiger partial charge on any atom is 0.262 e. The third-order valence-corrected chi connectivity index (χ3v) is 10.7. The highest BCUT2D eigenvalue weighted by Crippen LogP contribution is 2.31. The fourth-order valence-corrected chi connectivity index (χ4v) is 7.48. The summed E-state index contributed by atoms with van der Waals surface area (Å²) in [5.74, 6) is -0.0498. The Labute approximate surface area is 241 Å². The van der Waals surface area contributed by atoms with Crippen molar-refractivity contribution in [1.29, 1.82) is 0 Å². The Morgan fingerprint density at radius 3 is 2.00 bits per heavy atom. The van der Waals surface area contributed by atoms with Gasteiger partial charge in [0.05, 0.1) is 4.90 Å². The van der Waals surface area contributed by atoms with Crippen LogP contribution in [0.15, 0.2) is 57.9 Å². The average molecular weight is 613 g/mol. The van der Waals surface area contributed by atoms with Gasteiger partial charge in [-0.15, -0.1) is 0 Å². The summed E-state index contributed by atoms with van der Waals surface area (Å²) in [6.07, 6.45) is 1.83. The van der Waals surface area contributed by atoms with Crippen LogP contribution in [0.5, 0.6) is 0 Å². The number of halogens is 1. The first-order valence-corrected chi connectivity index (χ1v) is 15.6. The van der Waals surface area contributed by atoms with Gasteiger partial charge in [-0.3, -0.25) is 9.52 Å². The van der Waals surface area contributed by atoms with E-state index in [0.717, 1.165) is 63.8 Å². The van der Waals surface area contributed by atoms with Crippen LogP contribution < -0.4 is 4.72 Å². The highest BCUT2D eigenvalue weighted by atomic mass is 79.9. The second kappa shape index (κ2) is 11.8. The van der Waals surface area contributed by atoms with Gasteiger partial charge in [-0.25, -0.2) is 8.42 Å². The standard InChI is InChI=1S/C31H38BrN3O3S/c1-20-21(2)23(4)30(24(5)22(20)3)39(37,38)33-27-13-11-25(12-14-27)31(36)35(28-15-17-34(6)18-16-28)19-26-9-7-8-10-29(26)32/h7-14,28,33H,15-19H2,1-6H3. The Bertz CT molecular complexity index is 1450. The molecule has 0 aliphatic carbocycles. The smallest absolute Gasteiger partial charge is 0.262 e. The Balaban J connectivity index is 1.59. The number of hydrogen-bond acceptors (Lipinski definition) is 4. The molecule has 1 aliphatic rings. The SMILES string of the molecule is Cc1c(C)c(C)c(S(=O)(=O)Nc2ccc(C(=O)N(Cc3ccccc3Br)C3CCN(C)CC3)cc2)c(C)c1C. The van der Waals surface area contributed by atoms with Crippen molar-refractivity contribution < 1.29 is 13.2 Å². The molecule has 0 bridgehead atoms. The van der Waals surface area contributed by atoms with Gasteiger partial charge in [0, 0.05) is 28.3 Å². The molecule has 1 N–H and O–H groups in total. The van der Waals surface area contributed by atoms with Crippen LogP contribution in [0.25, 0.3) is 0 Å². The van der Waals surface area contributed by atoms with Gasteiger partial charge in [-0.2, -0.15) is 0 Å². The maximum absolute atomic E-state index is 13.8. The van der Waals surface area contributed by atoms with E-state index in [1.807, 2.05) is 63.8 Å². The van der Waals surface area contributed by atoms with Crippen molar-refractivity contribution in [2.75, 3.05) is 24.9 Å². The molecular formula is C31H38BrN3O3S. The summed E-state index contributed by atoms with van der Waals surface area (Å²) in [7, 11) is -1.70. The molecule has 8 heteroatoms. The van der Waals surface area contributed by atoms with Crippen molar-refractivity contribution in [3.05, 3.63) is 91.9 Å². The molecular weight excluding hydrogens is 574 g/mol. The van der Waals surface area contributed by atoms with E-state index in [9.17, 15) is 13.2 Å². The van der Waals surface area contributed by atoms with Gasteiger partial charge in [0.1, 0.15) is 0 Å². The highest BCUT2D eigenvalue weighted by molar-refractivity contribution is 9.10. The first kappa shape index (κ1) is 29.3. The van der Waals surface area contributed by atoms with Gasteiger partial charge < -0.3 is 9.80 Å². The van der Waals surface area contributed by atoms with Gasteiger partial charge in [0.2, 0.25) is 0 Å². The molecule has 0 spiro atoms. The fourth-order valence-electron chi connectivity index (χ4n) is 5.41. The van der Waals surface area contributed by atoms with E-state index in [1.54, 1.807) is 24.3 Å². The fraction of sp³-hybridized carbons (Fsp3) is 0.387. The maximum atomic E-state index is 13.8. The first-order valence-electron chi connectivity index (χ1n) is 13.3. The Morgan fingerprint density at radius 2 is 1.44 bits per heavy atom. The number of nitrogens with zero attached hydrogens (tertiary/aromatic N) is 2. The Hall–Kier alpha value is -2.68. The second-order valence-electron chi connectivity index (χ2n) is 10.7. The summed E-state index contributed by atoms with van der Waals surface area (Å²) in [5, 5.41) is 0. The van der Waals surface area contributed by atoms with E-state index in [4.69, 9.17) is 0 Å². The van der Waals surface area contributed by atoms with Gasteiger partial charge in [0.25, 0.3) is 15.9 Å². The minimum atomic E-state index is -3.81. The van der Waals surface area contributed by atoms with E-state index in [1.165, 1.54) is 0 Å². The number of piperidine rings is 1. The highest BCUT2D eigenvalue weighted by Gasteiger charge is 2.29. The molecule has 1 aliphatic heterocycles. The van der Waals surface area contributed by atoms with E-state index in [-0.39, 0.29) is 11.9 Å². The lowest BCUT2D eigenvalue weighted by Gasteiger charge is -2.37. The second-order valence-corrected chi connectivity index (χ2v) is 13.2. The van der Waals surface area contributed by atoms with E-state index in [0.29, 0.717) is 22.7 Å². The number of rotatable bonds is 7. The minimum Gasteiger partial charge on any atom is -0.331 e. The van der Waals surface area contributed by atoms with Crippen molar-refractivity contribution >= 4 is 37.5 Å². The minimum absolute atomic E-state index is 0.0498. The zero-order valence-corrected chi connectivity index (χ0v) is 26.0. The van der Waals surface area contributed by atoms with Crippen LogP contribution in [-0.2, 0) is 16.6 Å². The quantitative estimate of drug-likeness (QED) is 0.330. The zero-order valence-electron chi connectivity index (χ0n) is 23.6. The predicted octanol–water partition coefficient (Wildman–Crippen LogP) is 6.53. The normalized spacial score (nSPS) is 14.8. The Kier molecular flexibility index (Phi) is 8.88. The molecule has 1 saturated heterocycles. The third kappa shape index (κ3) is 6.23. The summed E-state index contributed by atoms with van der Waals surface area (Å²) in [6, 6.07) is 14.9. The molecule has 6 nitrogen and oxygen atoms in total. The van der Waals surface area contributed by atoms with Crippen LogP contribution >= 0.6 is 15.9 Å². The van der Waals surface area contributed by atoms with Crippen LogP contribution in [0.1, 0.15) is 56.6 Å². The van der Waals surface area contributed by atoms with Crippen molar-refractivity contribution in [2.45, 2.75) is 64.9 Å². The van der Waals surface area contributed by atoms with Crippen LogP contribution in [0, 0.1) is 34.6 Å². The number of likely N-dealkylation sites (tertiary alicyclic amines) is 1.